The Morgan fingerprint density at radius 1 is 1.26 bits per heavy atom. The molecule has 2 N–H and O–H groups in total. The Labute approximate surface area is 106 Å². The number of aliphatic carboxylic acids is 1. The number of benzene rings is 1. The molecule has 0 aliphatic carbocycles. The number of carboxylic acids is 1. The first-order chi connectivity index (χ1) is 8.69. The molecule has 0 aromatic heterocycles. The molecule has 1 atom stereocenters. The highest BCUT2D eigenvalue weighted by atomic mass is 19.4. The Morgan fingerprint density at radius 3 is 2.21 bits per heavy atom. The van der Waals surface area contributed by atoms with Gasteiger partial charge >= 0.3 is 18.2 Å². The molecule has 0 aliphatic heterocycles. The summed E-state index contributed by atoms with van der Waals surface area (Å²) in [4.78, 5) is 21.2. The smallest absolute Gasteiger partial charge is 0.474 e. The molecular weight excluding hydrogens is 267 g/mol. The van der Waals surface area contributed by atoms with Gasteiger partial charge in [0.25, 0.3) is 0 Å². The monoisotopic (exact) mass is 277 g/mol. The summed E-state index contributed by atoms with van der Waals surface area (Å²) in [5.41, 5.74) is 0.448. The molecule has 1 aromatic carbocycles. The second-order valence-corrected chi connectivity index (χ2v) is 3.62. The number of alkyl halides is 3. The third-order valence-electron chi connectivity index (χ3n) is 2.16. The number of halogens is 3. The number of hydrogen-bond acceptors (Lipinski definition) is 3. The molecule has 0 saturated heterocycles. The first-order valence-corrected chi connectivity index (χ1v) is 5.08. The highest BCUT2D eigenvalue weighted by Crippen LogP contribution is 2.24. The molecule has 5 nitrogen and oxygen atoms in total. The molecule has 0 fully saturated rings. The molecular formula is C11H10F3NO4. The fourth-order valence-corrected chi connectivity index (χ4v) is 1.30. The van der Waals surface area contributed by atoms with Crippen LogP contribution in [0.3, 0.4) is 0 Å². The van der Waals surface area contributed by atoms with Crippen LogP contribution >= 0.6 is 0 Å². The van der Waals surface area contributed by atoms with E-state index in [4.69, 9.17) is 5.11 Å². The lowest BCUT2D eigenvalue weighted by Gasteiger charge is -2.14. The van der Waals surface area contributed by atoms with Crippen LogP contribution in [0, 0.1) is 0 Å². The topological polar surface area (TPSA) is 75.6 Å². The van der Waals surface area contributed by atoms with Gasteiger partial charge in [-0.15, -0.1) is 13.2 Å². The van der Waals surface area contributed by atoms with Gasteiger partial charge in [0.1, 0.15) is 5.75 Å². The van der Waals surface area contributed by atoms with Crippen LogP contribution in [0.2, 0.25) is 0 Å². The number of nitrogens with one attached hydrogen (secondary N) is 1. The standard InChI is InChI=1S/C11H10F3NO4/c1-6(15-9(16)10(17)18)7-2-4-8(5-3-7)19-11(12,13)14/h2-6H,1H3,(H,15,16)(H,17,18)/t6-/m0/s1. The molecule has 1 rings (SSSR count). The van der Waals surface area contributed by atoms with Gasteiger partial charge in [0, 0.05) is 0 Å². The summed E-state index contributed by atoms with van der Waals surface area (Å²) in [5, 5.41) is 10.6. The minimum absolute atomic E-state index is 0.395. The van der Waals surface area contributed by atoms with Crippen LogP contribution in [-0.2, 0) is 9.59 Å². The van der Waals surface area contributed by atoms with Gasteiger partial charge in [-0.25, -0.2) is 4.79 Å². The lowest BCUT2D eigenvalue weighted by molar-refractivity contribution is -0.274. The maximum Gasteiger partial charge on any atom is 0.573 e. The molecule has 8 heteroatoms. The SMILES string of the molecule is C[C@H](NC(=O)C(=O)O)c1ccc(OC(F)(F)F)cc1. The van der Waals surface area contributed by atoms with E-state index in [0.29, 0.717) is 5.56 Å². The molecule has 0 radical (unpaired) electrons. The second-order valence-electron chi connectivity index (χ2n) is 3.62. The third kappa shape index (κ3) is 4.86. The molecule has 1 amide bonds. The molecule has 0 spiro atoms. The van der Waals surface area contributed by atoms with Gasteiger partial charge < -0.3 is 15.2 Å². The van der Waals surface area contributed by atoms with Crippen molar-refractivity contribution in [2.75, 3.05) is 0 Å². The van der Waals surface area contributed by atoms with Gasteiger partial charge in [0.15, 0.2) is 0 Å². The van der Waals surface area contributed by atoms with Crippen LogP contribution in [0.4, 0.5) is 13.2 Å². The summed E-state index contributed by atoms with van der Waals surface area (Å²) in [7, 11) is 0. The van der Waals surface area contributed by atoms with E-state index >= 15 is 0 Å². The number of ether oxygens (including phenoxy) is 1. The summed E-state index contributed by atoms with van der Waals surface area (Å²) in [6.45, 7) is 1.50. The summed E-state index contributed by atoms with van der Waals surface area (Å²) < 4.78 is 39.4. The molecule has 0 saturated carbocycles. The lowest BCUT2D eigenvalue weighted by Crippen LogP contribution is -2.32. The maximum absolute atomic E-state index is 11.9. The van der Waals surface area contributed by atoms with Crippen LogP contribution in [0.25, 0.3) is 0 Å². The Balaban J connectivity index is 2.70. The Kier molecular flexibility index (Phi) is 4.36. The van der Waals surface area contributed by atoms with Crippen LogP contribution < -0.4 is 10.1 Å². The van der Waals surface area contributed by atoms with E-state index < -0.39 is 30.0 Å². The predicted octanol–water partition coefficient (Wildman–Crippen LogP) is 1.85. The van der Waals surface area contributed by atoms with E-state index in [1.807, 2.05) is 0 Å². The van der Waals surface area contributed by atoms with Gasteiger partial charge in [0.2, 0.25) is 0 Å². The van der Waals surface area contributed by atoms with Gasteiger partial charge in [-0.1, -0.05) is 12.1 Å². The molecule has 0 bridgehead atoms. The van der Waals surface area contributed by atoms with Crippen molar-refractivity contribution < 1.29 is 32.6 Å². The van der Waals surface area contributed by atoms with Crippen molar-refractivity contribution in [1.29, 1.82) is 0 Å². The number of carbonyl (C=O) groups is 2. The zero-order valence-corrected chi connectivity index (χ0v) is 9.69. The average Bonchev–Trinajstić information content (AvgIpc) is 2.27. The summed E-state index contributed by atoms with van der Waals surface area (Å²) >= 11 is 0. The number of hydrogen-bond donors (Lipinski definition) is 2. The quantitative estimate of drug-likeness (QED) is 0.827. The number of amides is 1. The van der Waals surface area contributed by atoms with Gasteiger partial charge in [-0.2, -0.15) is 0 Å². The van der Waals surface area contributed by atoms with E-state index in [9.17, 15) is 22.8 Å². The Bertz CT molecular complexity index is 470. The molecule has 0 aliphatic rings. The maximum atomic E-state index is 11.9. The average molecular weight is 277 g/mol. The van der Waals surface area contributed by atoms with E-state index in [1.165, 1.54) is 19.1 Å². The highest BCUT2D eigenvalue weighted by molar-refractivity contribution is 6.31. The zero-order chi connectivity index (χ0) is 14.6. The Morgan fingerprint density at radius 2 is 1.79 bits per heavy atom. The van der Waals surface area contributed by atoms with Crippen molar-refractivity contribution >= 4 is 11.9 Å². The first-order valence-electron chi connectivity index (χ1n) is 5.08. The second kappa shape index (κ2) is 5.59. The van der Waals surface area contributed by atoms with Gasteiger partial charge in [-0.05, 0) is 24.6 Å². The van der Waals surface area contributed by atoms with E-state index in [0.717, 1.165) is 12.1 Å². The third-order valence-corrected chi connectivity index (χ3v) is 2.16. The van der Waals surface area contributed by atoms with E-state index in [2.05, 4.69) is 10.1 Å². The Hall–Kier alpha value is -2.25. The summed E-state index contributed by atoms with van der Waals surface area (Å²) in [6, 6.07) is 4.10. The summed E-state index contributed by atoms with van der Waals surface area (Å²) in [5.74, 6) is -3.22. The van der Waals surface area contributed by atoms with Crippen LogP contribution in [-0.4, -0.2) is 23.3 Å². The number of rotatable bonds is 3. The van der Waals surface area contributed by atoms with E-state index in [1.54, 1.807) is 0 Å². The van der Waals surface area contributed by atoms with Crippen LogP contribution in [0.1, 0.15) is 18.5 Å². The predicted molar refractivity (Wildman–Crippen MR) is 57.3 cm³/mol. The normalized spacial score (nSPS) is 12.6. The highest BCUT2D eigenvalue weighted by Gasteiger charge is 2.31. The minimum atomic E-state index is -4.77. The fourth-order valence-electron chi connectivity index (χ4n) is 1.30. The van der Waals surface area contributed by atoms with Crippen LogP contribution in [0.5, 0.6) is 5.75 Å². The zero-order valence-electron chi connectivity index (χ0n) is 9.69. The first kappa shape index (κ1) is 14.8. The molecule has 0 heterocycles. The summed E-state index contributed by atoms with van der Waals surface area (Å²) in [6.07, 6.45) is -4.77. The van der Waals surface area contributed by atoms with Crippen molar-refractivity contribution in [3.8, 4) is 5.75 Å². The molecule has 19 heavy (non-hydrogen) atoms. The molecule has 104 valence electrons. The fraction of sp³-hybridized carbons (Fsp3) is 0.273. The number of carbonyl (C=O) groups excluding carboxylic acids is 1. The largest absolute Gasteiger partial charge is 0.573 e. The lowest BCUT2D eigenvalue weighted by atomic mass is 10.1. The van der Waals surface area contributed by atoms with Gasteiger partial charge in [0.05, 0.1) is 6.04 Å². The van der Waals surface area contributed by atoms with Crippen molar-refractivity contribution in [2.45, 2.75) is 19.3 Å². The van der Waals surface area contributed by atoms with Crippen molar-refractivity contribution in [1.82, 2.24) is 5.32 Å². The van der Waals surface area contributed by atoms with Crippen molar-refractivity contribution in [3.05, 3.63) is 29.8 Å². The van der Waals surface area contributed by atoms with Gasteiger partial charge in [-0.3, -0.25) is 4.79 Å². The van der Waals surface area contributed by atoms with Crippen molar-refractivity contribution in [2.24, 2.45) is 0 Å². The minimum Gasteiger partial charge on any atom is -0.474 e. The molecule has 0 unspecified atom stereocenters. The van der Waals surface area contributed by atoms with E-state index in [-0.39, 0.29) is 0 Å². The van der Waals surface area contributed by atoms with Crippen molar-refractivity contribution in [3.63, 3.8) is 0 Å². The molecule has 1 aromatic rings. The number of carboxylic acid groups (broad SMARTS) is 1. The van der Waals surface area contributed by atoms with Crippen LogP contribution in [0.15, 0.2) is 24.3 Å².